The number of hydrogen-bond donors (Lipinski definition) is 3. The zero-order chi connectivity index (χ0) is 14.1. The summed E-state index contributed by atoms with van der Waals surface area (Å²) < 4.78 is 23.0. The van der Waals surface area contributed by atoms with Crippen LogP contribution in [0.15, 0.2) is 29.2 Å². The van der Waals surface area contributed by atoms with Crippen molar-refractivity contribution >= 4 is 21.7 Å². The molecule has 2 rings (SSSR count). The molecule has 1 aromatic carbocycles. The van der Waals surface area contributed by atoms with Crippen molar-refractivity contribution < 1.29 is 18.3 Å². The molecule has 0 amide bonds. The molecule has 0 heterocycles. The average molecular weight is 284 g/mol. The van der Waals surface area contributed by atoms with Gasteiger partial charge in [0.25, 0.3) is 0 Å². The predicted octanol–water partition coefficient (Wildman–Crippen LogP) is 1.14. The molecular formula is C12H16N2O4S. The molecule has 104 valence electrons. The minimum atomic E-state index is -3.88. The van der Waals surface area contributed by atoms with E-state index >= 15 is 0 Å². The highest BCUT2D eigenvalue weighted by Crippen LogP contribution is 2.35. The molecule has 0 aromatic heterocycles. The van der Waals surface area contributed by atoms with Gasteiger partial charge in [-0.1, -0.05) is 25.0 Å². The molecule has 1 aliphatic carbocycles. The van der Waals surface area contributed by atoms with Crippen molar-refractivity contribution in [3.05, 3.63) is 24.3 Å². The lowest BCUT2D eigenvalue weighted by Gasteiger charge is -2.27. The van der Waals surface area contributed by atoms with Crippen LogP contribution in [0.3, 0.4) is 0 Å². The van der Waals surface area contributed by atoms with Crippen molar-refractivity contribution in [3.63, 3.8) is 0 Å². The van der Waals surface area contributed by atoms with E-state index in [-0.39, 0.29) is 10.6 Å². The molecule has 0 spiro atoms. The monoisotopic (exact) mass is 284 g/mol. The lowest BCUT2D eigenvalue weighted by molar-refractivity contribution is -0.142. The maximum Gasteiger partial charge on any atom is 0.329 e. The average Bonchev–Trinajstić information content (AvgIpc) is 2.78. The molecule has 1 aliphatic rings. The second kappa shape index (κ2) is 4.82. The summed E-state index contributed by atoms with van der Waals surface area (Å²) in [5.41, 5.74) is -0.852. The van der Waals surface area contributed by atoms with Crippen molar-refractivity contribution in [2.45, 2.75) is 36.1 Å². The second-order valence-corrected chi connectivity index (χ2v) is 6.29. The summed E-state index contributed by atoms with van der Waals surface area (Å²) >= 11 is 0. The van der Waals surface area contributed by atoms with Crippen molar-refractivity contribution in [1.82, 2.24) is 0 Å². The minimum absolute atomic E-state index is 0.0810. The van der Waals surface area contributed by atoms with E-state index in [2.05, 4.69) is 5.32 Å². The predicted molar refractivity (Wildman–Crippen MR) is 70.3 cm³/mol. The topological polar surface area (TPSA) is 109 Å². The number of benzene rings is 1. The van der Waals surface area contributed by atoms with Crippen LogP contribution < -0.4 is 10.5 Å². The summed E-state index contributed by atoms with van der Waals surface area (Å²) in [4.78, 5) is 11.4. The van der Waals surface area contributed by atoms with Gasteiger partial charge in [0.15, 0.2) is 0 Å². The number of nitrogens with one attached hydrogen (secondary N) is 1. The van der Waals surface area contributed by atoms with Crippen LogP contribution in [0, 0.1) is 0 Å². The van der Waals surface area contributed by atoms with Crippen LogP contribution in [-0.4, -0.2) is 25.0 Å². The Morgan fingerprint density at radius 2 is 1.84 bits per heavy atom. The lowest BCUT2D eigenvalue weighted by Crippen LogP contribution is -2.44. The molecule has 0 unspecified atom stereocenters. The number of sulfonamides is 1. The van der Waals surface area contributed by atoms with E-state index in [0.717, 1.165) is 12.8 Å². The van der Waals surface area contributed by atoms with Crippen molar-refractivity contribution in [2.24, 2.45) is 5.14 Å². The van der Waals surface area contributed by atoms with Crippen molar-refractivity contribution in [3.8, 4) is 0 Å². The van der Waals surface area contributed by atoms with Gasteiger partial charge in [0.1, 0.15) is 10.4 Å². The van der Waals surface area contributed by atoms with Crippen molar-refractivity contribution in [2.75, 3.05) is 5.32 Å². The highest BCUT2D eigenvalue weighted by Gasteiger charge is 2.41. The third-order valence-electron chi connectivity index (χ3n) is 3.43. The second-order valence-electron chi connectivity index (χ2n) is 4.76. The van der Waals surface area contributed by atoms with Crippen LogP contribution in [0.4, 0.5) is 5.69 Å². The Morgan fingerprint density at radius 1 is 1.26 bits per heavy atom. The number of nitrogens with two attached hydrogens (primary N) is 1. The van der Waals surface area contributed by atoms with Gasteiger partial charge in [-0.3, -0.25) is 0 Å². The van der Waals surface area contributed by atoms with Crippen molar-refractivity contribution in [1.29, 1.82) is 0 Å². The number of rotatable bonds is 4. The number of anilines is 1. The van der Waals surface area contributed by atoms with E-state index in [0.29, 0.717) is 12.8 Å². The van der Waals surface area contributed by atoms with Gasteiger partial charge in [-0.25, -0.2) is 18.4 Å². The molecule has 1 fully saturated rings. The first-order valence-corrected chi connectivity index (χ1v) is 7.53. The zero-order valence-electron chi connectivity index (χ0n) is 10.3. The first kappa shape index (κ1) is 13.8. The quantitative estimate of drug-likeness (QED) is 0.768. The third-order valence-corrected chi connectivity index (χ3v) is 4.40. The van der Waals surface area contributed by atoms with Gasteiger partial charge in [-0.2, -0.15) is 0 Å². The van der Waals surface area contributed by atoms with Gasteiger partial charge < -0.3 is 10.4 Å². The number of aliphatic carboxylic acids is 1. The van der Waals surface area contributed by atoms with Gasteiger partial charge in [0.05, 0.1) is 5.69 Å². The Morgan fingerprint density at radius 3 is 2.37 bits per heavy atom. The zero-order valence-corrected chi connectivity index (χ0v) is 11.1. The first-order valence-electron chi connectivity index (χ1n) is 5.99. The lowest BCUT2D eigenvalue weighted by atomic mass is 9.97. The Bertz CT molecular complexity index is 592. The maximum absolute atomic E-state index is 11.5. The summed E-state index contributed by atoms with van der Waals surface area (Å²) in [6.07, 6.45) is 2.55. The molecule has 0 atom stereocenters. The number of carboxylic acids is 1. The number of hydrogen-bond acceptors (Lipinski definition) is 4. The van der Waals surface area contributed by atoms with Gasteiger partial charge in [0.2, 0.25) is 10.0 Å². The van der Waals surface area contributed by atoms with Gasteiger partial charge in [0, 0.05) is 0 Å². The molecular weight excluding hydrogens is 268 g/mol. The van der Waals surface area contributed by atoms with E-state index in [9.17, 15) is 18.3 Å². The van der Waals surface area contributed by atoms with E-state index < -0.39 is 21.5 Å². The minimum Gasteiger partial charge on any atom is -0.480 e. The molecule has 4 N–H and O–H groups in total. The molecule has 19 heavy (non-hydrogen) atoms. The molecule has 6 nitrogen and oxygen atoms in total. The van der Waals surface area contributed by atoms with Crippen LogP contribution in [0.1, 0.15) is 25.7 Å². The molecule has 1 saturated carbocycles. The number of primary sulfonamides is 1. The largest absolute Gasteiger partial charge is 0.480 e. The fourth-order valence-electron chi connectivity index (χ4n) is 2.45. The molecule has 0 aliphatic heterocycles. The highest BCUT2D eigenvalue weighted by atomic mass is 32.2. The summed E-state index contributed by atoms with van der Waals surface area (Å²) in [5, 5.41) is 17.4. The van der Waals surface area contributed by atoms with Gasteiger partial charge in [-0.05, 0) is 25.0 Å². The standard InChI is InChI=1S/C12H16N2O4S/c13-19(17,18)10-6-2-1-5-9(10)14-12(11(15)16)7-3-4-8-12/h1-2,5-6,14H,3-4,7-8H2,(H,15,16)(H2,13,17,18). The fourth-order valence-corrected chi connectivity index (χ4v) is 3.14. The Hall–Kier alpha value is -1.60. The summed E-state index contributed by atoms with van der Waals surface area (Å²) in [5.74, 6) is -0.964. The normalized spacial score (nSPS) is 18.2. The maximum atomic E-state index is 11.5. The number of para-hydroxylation sites is 1. The Labute approximate surface area is 111 Å². The third kappa shape index (κ3) is 2.71. The van der Waals surface area contributed by atoms with Crippen LogP contribution in [0.2, 0.25) is 0 Å². The molecule has 0 radical (unpaired) electrons. The smallest absolute Gasteiger partial charge is 0.329 e. The van der Waals surface area contributed by atoms with Crippen LogP contribution in [0.5, 0.6) is 0 Å². The van der Waals surface area contributed by atoms with E-state index in [4.69, 9.17) is 5.14 Å². The van der Waals surface area contributed by atoms with E-state index in [1.807, 2.05) is 0 Å². The Kier molecular flexibility index (Phi) is 3.51. The fraction of sp³-hybridized carbons (Fsp3) is 0.417. The van der Waals surface area contributed by atoms with E-state index in [1.54, 1.807) is 12.1 Å². The SMILES string of the molecule is NS(=O)(=O)c1ccccc1NC1(C(=O)O)CCCC1. The Balaban J connectivity index is 2.41. The first-order chi connectivity index (χ1) is 8.85. The van der Waals surface area contributed by atoms with Crippen LogP contribution in [-0.2, 0) is 14.8 Å². The number of carbonyl (C=O) groups is 1. The number of carboxylic acid groups (broad SMARTS) is 1. The highest BCUT2D eigenvalue weighted by molar-refractivity contribution is 7.89. The van der Waals surface area contributed by atoms with E-state index in [1.165, 1.54) is 12.1 Å². The van der Waals surface area contributed by atoms with Gasteiger partial charge >= 0.3 is 5.97 Å². The molecule has 0 bridgehead atoms. The summed E-state index contributed by atoms with van der Waals surface area (Å²) in [6.45, 7) is 0. The molecule has 0 saturated heterocycles. The van der Waals surface area contributed by atoms with Gasteiger partial charge in [-0.15, -0.1) is 0 Å². The van der Waals surface area contributed by atoms with Crippen LogP contribution in [0.25, 0.3) is 0 Å². The molecule has 7 heteroatoms. The summed E-state index contributed by atoms with van der Waals surface area (Å²) in [7, 11) is -3.88. The summed E-state index contributed by atoms with van der Waals surface area (Å²) in [6, 6.07) is 6.08. The molecule has 1 aromatic rings. The van der Waals surface area contributed by atoms with Crippen LogP contribution >= 0.6 is 0 Å².